The number of likely N-dealkylation sites (N-methyl/N-ethyl adjacent to an activating group) is 1. The Bertz CT molecular complexity index is 113. The third-order valence-corrected chi connectivity index (χ3v) is 1.24. The standard InChI is InChI=1S/C8H18N2O/c1-4-9-6-8(11)10-5-7(2)3/h7,9H,4-6H2,1-3H3,(H,10,11). The van der Waals surface area contributed by atoms with Crippen molar-refractivity contribution in [1.82, 2.24) is 10.6 Å². The van der Waals surface area contributed by atoms with Crippen LogP contribution in [0.25, 0.3) is 0 Å². The minimum atomic E-state index is 0.0838. The first-order valence-corrected chi connectivity index (χ1v) is 4.14. The summed E-state index contributed by atoms with van der Waals surface area (Å²) in [4.78, 5) is 10.9. The molecule has 0 aromatic rings. The molecule has 66 valence electrons. The van der Waals surface area contributed by atoms with Crippen molar-refractivity contribution in [1.29, 1.82) is 0 Å². The second-order valence-electron chi connectivity index (χ2n) is 2.98. The van der Waals surface area contributed by atoms with Crippen molar-refractivity contribution in [2.75, 3.05) is 19.6 Å². The molecule has 0 aromatic carbocycles. The molecule has 0 unspecified atom stereocenters. The maximum absolute atomic E-state index is 10.9. The Balaban J connectivity index is 3.23. The molecule has 0 bridgehead atoms. The number of hydrogen-bond acceptors (Lipinski definition) is 2. The lowest BCUT2D eigenvalue weighted by Crippen LogP contribution is -2.35. The van der Waals surface area contributed by atoms with E-state index in [2.05, 4.69) is 24.5 Å². The van der Waals surface area contributed by atoms with E-state index in [0.29, 0.717) is 12.5 Å². The summed E-state index contributed by atoms with van der Waals surface area (Å²) in [7, 11) is 0. The van der Waals surface area contributed by atoms with Crippen LogP contribution in [0.5, 0.6) is 0 Å². The Morgan fingerprint density at radius 2 is 2.09 bits per heavy atom. The minimum Gasteiger partial charge on any atom is -0.355 e. The van der Waals surface area contributed by atoms with Crippen molar-refractivity contribution in [2.24, 2.45) is 5.92 Å². The lowest BCUT2D eigenvalue weighted by Gasteiger charge is -2.07. The summed E-state index contributed by atoms with van der Waals surface area (Å²) in [5, 5.41) is 5.78. The van der Waals surface area contributed by atoms with Gasteiger partial charge in [-0.25, -0.2) is 0 Å². The van der Waals surface area contributed by atoms with Gasteiger partial charge < -0.3 is 10.6 Å². The predicted octanol–water partition coefficient (Wildman–Crippen LogP) is 0.368. The van der Waals surface area contributed by atoms with Crippen LogP contribution in [0.1, 0.15) is 20.8 Å². The van der Waals surface area contributed by atoms with E-state index >= 15 is 0 Å². The van der Waals surface area contributed by atoms with Crippen LogP contribution in [0.3, 0.4) is 0 Å². The number of rotatable bonds is 5. The van der Waals surface area contributed by atoms with E-state index in [0.717, 1.165) is 13.1 Å². The van der Waals surface area contributed by atoms with E-state index in [1.54, 1.807) is 0 Å². The quantitative estimate of drug-likeness (QED) is 0.607. The van der Waals surface area contributed by atoms with Gasteiger partial charge in [-0.1, -0.05) is 20.8 Å². The van der Waals surface area contributed by atoms with Crippen LogP contribution in [0.15, 0.2) is 0 Å². The van der Waals surface area contributed by atoms with Gasteiger partial charge in [-0.05, 0) is 12.5 Å². The predicted molar refractivity (Wildman–Crippen MR) is 46.4 cm³/mol. The van der Waals surface area contributed by atoms with Gasteiger partial charge in [-0.2, -0.15) is 0 Å². The molecule has 0 radical (unpaired) electrons. The molecule has 2 N–H and O–H groups in total. The van der Waals surface area contributed by atoms with Crippen LogP contribution in [-0.2, 0) is 4.79 Å². The molecule has 3 heteroatoms. The van der Waals surface area contributed by atoms with Crippen LogP contribution in [-0.4, -0.2) is 25.5 Å². The molecule has 0 rings (SSSR count). The number of nitrogens with one attached hydrogen (secondary N) is 2. The van der Waals surface area contributed by atoms with Gasteiger partial charge in [0, 0.05) is 6.54 Å². The molecule has 0 saturated carbocycles. The van der Waals surface area contributed by atoms with Gasteiger partial charge in [-0.15, -0.1) is 0 Å². The minimum absolute atomic E-state index is 0.0838. The van der Waals surface area contributed by atoms with Crippen LogP contribution in [0, 0.1) is 5.92 Å². The van der Waals surface area contributed by atoms with Crippen molar-refractivity contribution in [3.05, 3.63) is 0 Å². The maximum Gasteiger partial charge on any atom is 0.233 e. The van der Waals surface area contributed by atoms with E-state index in [1.165, 1.54) is 0 Å². The summed E-state index contributed by atoms with van der Waals surface area (Å²) >= 11 is 0. The lowest BCUT2D eigenvalue weighted by atomic mass is 10.2. The molecule has 0 heterocycles. The molecule has 0 aliphatic heterocycles. The maximum atomic E-state index is 10.9. The van der Waals surface area contributed by atoms with Crippen molar-refractivity contribution in [3.63, 3.8) is 0 Å². The molecule has 3 nitrogen and oxygen atoms in total. The summed E-state index contributed by atoms with van der Waals surface area (Å²) in [6.45, 7) is 8.18. The van der Waals surface area contributed by atoms with Gasteiger partial charge in [0.15, 0.2) is 0 Å². The summed E-state index contributed by atoms with van der Waals surface area (Å²) in [6, 6.07) is 0. The first-order chi connectivity index (χ1) is 5.16. The van der Waals surface area contributed by atoms with Gasteiger partial charge in [0.2, 0.25) is 5.91 Å². The third kappa shape index (κ3) is 7.33. The normalized spacial score (nSPS) is 10.2. The SMILES string of the molecule is CCNCC(=O)NCC(C)C. The molecule has 0 atom stereocenters. The highest BCUT2D eigenvalue weighted by Gasteiger charge is 1.99. The number of hydrogen-bond donors (Lipinski definition) is 2. The fourth-order valence-corrected chi connectivity index (χ4v) is 0.619. The molecular weight excluding hydrogens is 140 g/mol. The molecule has 0 spiro atoms. The molecule has 1 amide bonds. The molecule has 0 aromatic heterocycles. The van der Waals surface area contributed by atoms with E-state index in [4.69, 9.17) is 0 Å². The lowest BCUT2D eigenvalue weighted by molar-refractivity contribution is -0.120. The van der Waals surface area contributed by atoms with E-state index < -0.39 is 0 Å². The van der Waals surface area contributed by atoms with Gasteiger partial charge in [0.05, 0.1) is 6.54 Å². The number of amides is 1. The average molecular weight is 158 g/mol. The van der Waals surface area contributed by atoms with Crippen molar-refractivity contribution < 1.29 is 4.79 Å². The Kier molecular flexibility index (Phi) is 5.84. The first kappa shape index (κ1) is 10.4. The molecular formula is C8H18N2O. The van der Waals surface area contributed by atoms with Gasteiger partial charge >= 0.3 is 0 Å². The average Bonchev–Trinajstić information content (AvgIpc) is 1.97. The van der Waals surface area contributed by atoms with Gasteiger partial charge in [0.1, 0.15) is 0 Å². The van der Waals surface area contributed by atoms with E-state index in [1.807, 2.05) is 6.92 Å². The van der Waals surface area contributed by atoms with Crippen LogP contribution in [0.4, 0.5) is 0 Å². The second-order valence-corrected chi connectivity index (χ2v) is 2.98. The Hall–Kier alpha value is -0.570. The largest absolute Gasteiger partial charge is 0.355 e. The molecule has 0 aliphatic carbocycles. The smallest absolute Gasteiger partial charge is 0.233 e. The Labute approximate surface area is 68.6 Å². The highest BCUT2D eigenvalue weighted by Crippen LogP contribution is 1.85. The summed E-state index contributed by atoms with van der Waals surface area (Å²) in [6.07, 6.45) is 0. The van der Waals surface area contributed by atoms with Crippen LogP contribution in [0.2, 0.25) is 0 Å². The van der Waals surface area contributed by atoms with Crippen LogP contribution >= 0.6 is 0 Å². The fraction of sp³-hybridized carbons (Fsp3) is 0.875. The molecule has 0 fully saturated rings. The van der Waals surface area contributed by atoms with Crippen molar-refractivity contribution in [3.8, 4) is 0 Å². The zero-order valence-corrected chi connectivity index (χ0v) is 7.61. The Morgan fingerprint density at radius 1 is 1.45 bits per heavy atom. The molecule has 0 saturated heterocycles. The van der Waals surface area contributed by atoms with Gasteiger partial charge in [-0.3, -0.25) is 4.79 Å². The molecule has 0 aliphatic rings. The van der Waals surface area contributed by atoms with Crippen molar-refractivity contribution in [2.45, 2.75) is 20.8 Å². The van der Waals surface area contributed by atoms with Gasteiger partial charge in [0.25, 0.3) is 0 Å². The Morgan fingerprint density at radius 3 is 2.55 bits per heavy atom. The highest BCUT2D eigenvalue weighted by molar-refractivity contribution is 5.77. The van der Waals surface area contributed by atoms with Crippen LogP contribution < -0.4 is 10.6 Å². The summed E-state index contributed by atoms with van der Waals surface area (Å²) in [5.74, 6) is 0.612. The fourth-order valence-electron chi connectivity index (χ4n) is 0.619. The zero-order valence-electron chi connectivity index (χ0n) is 7.61. The molecule has 11 heavy (non-hydrogen) atoms. The number of carbonyl (C=O) groups excluding carboxylic acids is 1. The summed E-state index contributed by atoms with van der Waals surface area (Å²) in [5.41, 5.74) is 0. The third-order valence-electron chi connectivity index (χ3n) is 1.24. The van der Waals surface area contributed by atoms with E-state index in [-0.39, 0.29) is 5.91 Å². The highest BCUT2D eigenvalue weighted by atomic mass is 16.1. The van der Waals surface area contributed by atoms with Crippen molar-refractivity contribution >= 4 is 5.91 Å². The second kappa shape index (κ2) is 6.16. The summed E-state index contributed by atoms with van der Waals surface area (Å²) < 4.78 is 0. The number of carbonyl (C=O) groups is 1. The zero-order chi connectivity index (χ0) is 8.69. The monoisotopic (exact) mass is 158 g/mol. The van der Waals surface area contributed by atoms with E-state index in [9.17, 15) is 4.79 Å². The topological polar surface area (TPSA) is 41.1 Å². The first-order valence-electron chi connectivity index (χ1n) is 4.14.